The first-order valence-corrected chi connectivity index (χ1v) is 9.87. The van der Waals surface area contributed by atoms with E-state index in [0.29, 0.717) is 17.9 Å². The van der Waals surface area contributed by atoms with Crippen LogP contribution >= 0.6 is 0 Å². The minimum absolute atomic E-state index is 0.623. The fourth-order valence-electron chi connectivity index (χ4n) is 4.14. The summed E-state index contributed by atoms with van der Waals surface area (Å²) in [6.07, 6.45) is 4.94. The molecule has 2 aliphatic heterocycles. The molecular weight excluding hydrogens is 328 g/mol. The van der Waals surface area contributed by atoms with Crippen LogP contribution < -0.4 is 4.90 Å². The van der Waals surface area contributed by atoms with Crippen molar-refractivity contribution in [3.63, 3.8) is 0 Å². The molecule has 0 atom stereocenters. The molecule has 0 spiro atoms. The average Bonchev–Trinajstić information content (AvgIpc) is 3.45. The molecule has 2 aromatic rings. The van der Waals surface area contributed by atoms with Crippen molar-refractivity contribution in [1.82, 2.24) is 15.1 Å². The molecule has 26 heavy (non-hydrogen) atoms. The number of ether oxygens (including phenoxy) is 1. The highest BCUT2D eigenvalue weighted by molar-refractivity contribution is 5.54. The van der Waals surface area contributed by atoms with Crippen molar-refractivity contribution in [1.29, 1.82) is 0 Å². The maximum absolute atomic E-state index is 5.98. The third kappa shape index (κ3) is 3.35. The Morgan fingerprint density at radius 3 is 2.27 bits per heavy atom. The molecule has 0 N–H and O–H groups in total. The SMILES string of the molecule is c1cc(C2CC2)ccc1-c1nnc(N2CCC(N3CCOCC3)CC2)o1. The van der Waals surface area contributed by atoms with E-state index in [9.17, 15) is 0 Å². The van der Waals surface area contributed by atoms with Crippen molar-refractivity contribution in [3.05, 3.63) is 29.8 Å². The number of benzene rings is 1. The van der Waals surface area contributed by atoms with Gasteiger partial charge in [-0.15, -0.1) is 5.10 Å². The Morgan fingerprint density at radius 1 is 0.846 bits per heavy atom. The second-order valence-corrected chi connectivity index (χ2v) is 7.65. The summed E-state index contributed by atoms with van der Waals surface area (Å²) >= 11 is 0. The molecule has 3 heterocycles. The predicted octanol–water partition coefficient (Wildman–Crippen LogP) is 2.92. The number of morpholine rings is 1. The lowest BCUT2D eigenvalue weighted by atomic mass is 10.0. The zero-order valence-electron chi connectivity index (χ0n) is 15.1. The van der Waals surface area contributed by atoms with Crippen LogP contribution in [0, 0.1) is 0 Å². The van der Waals surface area contributed by atoms with Crippen molar-refractivity contribution >= 4 is 6.01 Å². The van der Waals surface area contributed by atoms with Gasteiger partial charge in [-0.1, -0.05) is 17.2 Å². The molecule has 3 aliphatic rings. The molecule has 6 nitrogen and oxygen atoms in total. The Morgan fingerprint density at radius 2 is 1.58 bits per heavy atom. The second kappa shape index (κ2) is 7.00. The van der Waals surface area contributed by atoms with E-state index in [1.54, 1.807) is 0 Å². The number of anilines is 1. The van der Waals surface area contributed by atoms with Gasteiger partial charge in [-0.2, -0.15) is 0 Å². The summed E-state index contributed by atoms with van der Waals surface area (Å²) in [5, 5.41) is 8.57. The molecule has 3 fully saturated rings. The van der Waals surface area contributed by atoms with E-state index in [2.05, 4.69) is 44.3 Å². The molecule has 1 aliphatic carbocycles. The third-order valence-electron chi connectivity index (χ3n) is 5.92. The van der Waals surface area contributed by atoms with E-state index in [-0.39, 0.29) is 0 Å². The Kier molecular flexibility index (Phi) is 4.38. The van der Waals surface area contributed by atoms with Gasteiger partial charge < -0.3 is 14.1 Å². The highest BCUT2D eigenvalue weighted by Crippen LogP contribution is 2.40. The lowest BCUT2D eigenvalue weighted by molar-refractivity contribution is 0.0113. The number of piperidine rings is 1. The molecule has 2 saturated heterocycles. The number of hydrogen-bond donors (Lipinski definition) is 0. The molecule has 1 aromatic carbocycles. The Balaban J connectivity index is 1.21. The smallest absolute Gasteiger partial charge is 0.318 e. The molecule has 1 saturated carbocycles. The minimum atomic E-state index is 0.623. The summed E-state index contributed by atoms with van der Waals surface area (Å²) in [5.41, 5.74) is 2.44. The van der Waals surface area contributed by atoms with Crippen LogP contribution in [0.1, 0.15) is 37.2 Å². The normalized spacial score (nSPS) is 22.7. The second-order valence-electron chi connectivity index (χ2n) is 7.65. The Labute approximate surface area is 154 Å². The van der Waals surface area contributed by atoms with Crippen LogP contribution in [-0.2, 0) is 4.74 Å². The van der Waals surface area contributed by atoms with Crippen LogP contribution in [0.5, 0.6) is 0 Å². The Bertz CT molecular complexity index is 727. The fraction of sp³-hybridized carbons (Fsp3) is 0.600. The predicted molar refractivity (Wildman–Crippen MR) is 99.3 cm³/mol. The van der Waals surface area contributed by atoms with Crippen LogP contribution in [-0.4, -0.2) is 60.5 Å². The molecule has 6 heteroatoms. The van der Waals surface area contributed by atoms with Gasteiger partial charge in [0.2, 0.25) is 5.89 Å². The summed E-state index contributed by atoms with van der Waals surface area (Å²) < 4.78 is 11.4. The van der Waals surface area contributed by atoms with Gasteiger partial charge in [0, 0.05) is 37.8 Å². The first-order valence-electron chi connectivity index (χ1n) is 9.87. The standard InChI is InChI=1S/C20H26N4O2/c1-2-15(1)16-3-5-17(6-4-16)19-21-22-20(26-19)24-9-7-18(8-10-24)23-11-13-25-14-12-23/h3-6,15,18H,1-2,7-14H2. The van der Waals surface area contributed by atoms with Crippen LogP contribution in [0.3, 0.4) is 0 Å². The van der Waals surface area contributed by atoms with Gasteiger partial charge >= 0.3 is 6.01 Å². The quantitative estimate of drug-likeness (QED) is 0.841. The Hall–Kier alpha value is -1.92. The van der Waals surface area contributed by atoms with Crippen LogP contribution in [0.2, 0.25) is 0 Å². The first kappa shape index (κ1) is 16.3. The van der Waals surface area contributed by atoms with E-state index in [4.69, 9.17) is 9.15 Å². The molecule has 1 aromatic heterocycles. The van der Waals surface area contributed by atoms with Gasteiger partial charge in [0.1, 0.15) is 0 Å². The monoisotopic (exact) mass is 354 g/mol. The fourth-order valence-corrected chi connectivity index (χ4v) is 4.14. The van der Waals surface area contributed by atoms with Crippen molar-refractivity contribution in [2.45, 2.75) is 37.6 Å². The molecule has 0 radical (unpaired) electrons. The average molecular weight is 354 g/mol. The maximum atomic E-state index is 5.98. The zero-order chi connectivity index (χ0) is 17.3. The topological polar surface area (TPSA) is 54.6 Å². The van der Waals surface area contributed by atoms with Gasteiger partial charge in [-0.05, 0) is 49.3 Å². The number of hydrogen-bond acceptors (Lipinski definition) is 6. The van der Waals surface area contributed by atoms with Crippen molar-refractivity contribution in [3.8, 4) is 11.5 Å². The van der Waals surface area contributed by atoms with E-state index in [1.807, 2.05) is 0 Å². The molecule has 138 valence electrons. The van der Waals surface area contributed by atoms with E-state index in [1.165, 1.54) is 18.4 Å². The summed E-state index contributed by atoms with van der Waals surface area (Å²) in [4.78, 5) is 4.80. The summed E-state index contributed by atoms with van der Waals surface area (Å²) in [5.74, 6) is 1.40. The van der Waals surface area contributed by atoms with E-state index in [0.717, 1.165) is 63.7 Å². The van der Waals surface area contributed by atoms with Crippen molar-refractivity contribution in [2.24, 2.45) is 0 Å². The highest BCUT2D eigenvalue weighted by atomic mass is 16.5. The first-order chi connectivity index (χ1) is 12.9. The minimum Gasteiger partial charge on any atom is -0.403 e. The molecular formula is C20H26N4O2. The van der Waals surface area contributed by atoms with Gasteiger partial charge in [0.15, 0.2) is 0 Å². The number of rotatable bonds is 4. The lowest BCUT2D eigenvalue weighted by Gasteiger charge is -2.39. The highest BCUT2D eigenvalue weighted by Gasteiger charge is 2.28. The molecule has 0 unspecified atom stereocenters. The van der Waals surface area contributed by atoms with Crippen molar-refractivity contribution < 1.29 is 9.15 Å². The van der Waals surface area contributed by atoms with Crippen LogP contribution in [0.25, 0.3) is 11.5 Å². The van der Waals surface area contributed by atoms with Gasteiger partial charge in [-0.3, -0.25) is 4.90 Å². The zero-order valence-corrected chi connectivity index (χ0v) is 15.1. The maximum Gasteiger partial charge on any atom is 0.318 e. The molecule has 0 amide bonds. The van der Waals surface area contributed by atoms with E-state index >= 15 is 0 Å². The van der Waals surface area contributed by atoms with Gasteiger partial charge in [0.05, 0.1) is 13.2 Å². The summed E-state index contributed by atoms with van der Waals surface area (Å²) in [7, 11) is 0. The molecule has 5 rings (SSSR count). The summed E-state index contributed by atoms with van der Waals surface area (Å²) in [6, 6.07) is 9.93. The number of aromatic nitrogens is 2. The lowest BCUT2D eigenvalue weighted by Crippen LogP contribution is -2.49. The largest absolute Gasteiger partial charge is 0.403 e. The van der Waals surface area contributed by atoms with E-state index < -0.39 is 0 Å². The van der Waals surface area contributed by atoms with Crippen molar-refractivity contribution in [2.75, 3.05) is 44.3 Å². The summed E-state index contributed by atoms with van der Waals surface area (Å²) in [6.45, 7) is 5.81. The van der Waals surface area contributed by atoms with Gasteiger partial charge in [-0.25, -0.2) is 0 Å². The number of nitrogens with zero attached hydrogens (tertiary/aromatic N) is 4. The van der Waals surface area contributed by atoms with Crippen LogP contribution in [0.4, 0.5) is 6.01 Å². The van der Waals surface area contributed by atoms with Gasteiger partial charge in [0.25, 0.3) is 0 Å². The third-order valence-corrected chi connectivity index (χ3v) is 5.92. The molecule has 0 bridgehead atoms. The van der Waals surface area contributed by atoms with Crippen LogP contribution in [0.15, 0.2) is 28.7 Å².